The quantitative estimate of drug-likeness (QED) is 0.535. The molecule has 0 spiro atoms. The van der Waals surface area contributed by atoms with E-state index in [2.05, 4.69) is 33.1 Å². The van der Waals surface area contributed by atoms with Gasteiger partial charge < -0.3 is 14.6 Å². The van der Waals surface area contributed by atoms with E-state index in [1.54, 1.807) is 0 Å². The van der Waals surface area contributed by atoms with Crippen molar-refractivity contribution in [3.05, 3.63) is 59.8 Å². The molecule has 0 bridgehead atoms. The van der Waals surface area contributed by atoms with Crippen LogP contribution in [0.15, 0.2) is 59.6 Å². The molecule has 7 heteroatoms. The molecule has 5 nitrogen and oxygen atoms in total. The molecule has 0 aliphatic carbocycles. The zero-order chi connectivity index (χ0) is 20.9. The van der Waals surface area contributed by atoms with Crippen molar-refractivity contribution in [3.8, 4) is 0 Å². The topological polar surface area (TPSA) is 46.5 Å². The second kappa shape index (κ2) is 9.88. The Balaban J connectivity index is 1.37. The number of nitrogens with one attached hydrogen (secondary N) is 1. The fourth-order valence-electron chi connectivity index (χ4n) is 3.57. The minimum Gasteiger partial charge on any atom is -0.379 e. The Morgan fingerprint density at radius 2 is 1.97 bits per heavy atom. The standard InChI is InChI=1S/C23H26ClN3O2S/c1-17(30-22-5-3-2-4-20(22)24)23(28)25-19-6-7-21-18(16-19)8-9-27(21)11-10-26-12-14-29-15-13-26/h2-9,16-17H,10-15H2,1H3,(H,25,28). The molecular weight excluding hydrogens is 418 g/mol. The van der Waals surface area contributed by atoms with Crippen LogP contribution in [-0.4, -0.2) is 53.5 Å². The number of hydrogen-bond donors (Lipinski definition) is 1. The summed E-state index contributed by atoms with van der Waals surface area (Å²) in [6.45, 7) is 7.50. The van der Waals surface area contributed by atoms with Crippen LogP contribution in [-0.2, 0) is 16.1 Å². The third kappa shape index (κ3) is 5.19. The SMILES string of the molecule is CC(Sc1ccccc1Cl)C(=O)Nc1ccc2c(ccn2CCN2CCOCC2)c1. The summed E-state index contributed by atoms with van der Waals surface area (Å²) in [4.78, 5) is 16.0. The highest BCUT2D eigenvalue weighted by Crippen LogP contribution is 2.30. The molecule has 1 unspecified atom stereocenters. The number of carbonyl (C=O) groups excluding carboxylic acids is 1. The molecule has 1 aliphatic rings. The molecule has 1 fully saturated rings. The van der Waals surface area contributed by atoms with E-state index in [1.165, 1.54) is 17.3 Å². The van der Waals surface area contributed by atoms with Gasteiger partial charge in [0.15, 0.2) is 0 Å². The number of nitrogens with zero attached hydrogens (tertiary/aromatic N) is 2. The van der Waals surface area contributed by atoms with Crippen molar-refractivity contribution in [2.75, 3.05) is 38.2 Å². The molecule has 2 aromatic carbocycles. The van der Waals surface area contributed by atoms with Crippen molar-refractivity contribution in [2.24, 2.45) is 0 Å². The molecule has 4 rings (SSSR count). The first kappa shape index (κ1) is 21.2. The maximum Gasteiger partial charge on any atom is 0.237 e. The molecule has 1 atom stereocenters. The van der Waals surface area contributed by atoms with Crippen LogP contribution in [0.2, 0.25) is 5.02 Å². The smallest absolute Gasteiger partial charge is 0.237 e. The van der Waals surface area contributed by atoms with Gasteiger partial charge in [-0.3, -0.25) is 9.69 Å². The number of carbonyl (C=O) groups is 1. The monoisotopic (exact) mass is 443 g/mol. The summed E-state index contributed by atoms with van der Waals surface area (Å²) in [6.07, 6.45) is 2.12. The maximum absolute atomic E-state index is 12.7. The van der Waals surface area contributed by atoms with E-state index in [4.69, 9.17) is 16.3 Å². The van der Waals surface area contributed by atoms with Gasteiger partial charge in [-0.1, -0.05) is 23.7 Å². The maximum atomic E-state index is 12.7. The number of rotatable bonds is 7. The van der Waals surface area contributed by atoms with E-state index < -0.39 is 0 Å². The lowest BCUT2D eigenvalue weighted by atomic mass is 10.2. The van der Waals surface area contributed by atoms with E-state index in [9.17, 15) is 4.79 Å². The lowest BCUT2D eigenvalue weighted by Crippen LogP contribution is -2.38. The number of ether oxygens (including phenoxy) is 1. The number of anilines is 1. The van der Waals surface area contributed by atoms with E-state index in [1.807, 2.05) is 43.3 Å². The molecule has 0 saturated carbocycles. The zero-order valence-electron chi connectivity index (χ0n) is 17.0. The van der Waals surface area contributed by atoms with Crippen LogP contribution >= 0.6 is 23.4 Å². The number of aromatic nitrogens is 1. The number of thioether (sulfide) groups is 1. The first-order valence-electron chi connectivity index (χ1n) is 10.2. The molecule has 2 heterocycles. The largest absolute Gasteiger partial charge is 0.379 e. The summed E-state index contributed by atoms with van der Waals surface area (Å²) >= 11 is 7.68. The van der Waals surface area contributed by atoms with Crippen molar-refractivity contribution in [3.63, 3.8) is 0 Å². The zero-order valence-corrected chi connectivity index (χ0v) is 18.6. The second-order valence-corrected chi connectivity index (χ2v) is 9.21. The molecule has 1 N–H and O–H groups in total. The molecule has 1 amide bonds. The van der Waals surface area contributed by atoms with E-state index in [-0.39, 0.29) is 11.2 Å². The summed E-state index contributed by atoms with van der Waals surface area (Å²) in [5, 5.41) is 4.58. The Morgan fingerprint density at radius 3 is 2.77 bits per heavy atom. The van der Waals surface area contributed by atoms with Crippen molar-refractivity contribution < 1.29 is 9.53 Å². The molecule has 1 aliphatic heterocycles. The fourth-order valence-corrected chi connectivity index (χ4v) is 4.73. The lowest BCUT2D eigenvalue weighted by molar-refractivity contribution is -0.115. The Labute approximate surface area is 186 Å². The Bertz CT molecular complexity index is 1020. The van der Waals surface area contributed by atoms with Gasteiger partial charge in [-0.2, -0.15) is 0 Å². The van der Waals surface area contributed by atoms with Gasteiger partial charge in [0.2, 0.25) is 5.91 Å². The molecular formula is C23H26ClN3O2S. The minimum absolute atomic E-state index is 0.0361. The van der Waals surface area contributed by atoms with Crippen molar-refractivity contribution in [1.29, 1.82) is 0 Å². The van der Waals surface area contributed by atoms with Crippen LogP contribution in [0.25, 0.3) is 10.9 Å². The predicted octanol–water partition coefficient (Wildman–Crippen LogP) is 4.75. The van der Waals surface area contributed by atoms with Crippen molar-refractivity contribution in [2.45, 2.75) is 23.6 Å². The van der Waals surface area contributed by atoms with Gasteiger partial charge in [-0.15, -0.1) is 11.8 Å². The van der Waals surface area contributed by atoms with Crippen molar-refractivity contribution in [1.82, 2.24) is 9.47 Å². The third-order valence-electron chi connectivity index (χ3n) is 5.31. The van der Waals surface area contributed by atoms with Crippen LogP contribution in [0.5, 0.6) is 0 Å². The number of morpholine rings is 1. The second-order valence-electron chi connectivity index (χ2n) is 7.42. The Morgan fingerprint density at radius 1 is 1.17 bits per heavy atom. The van der Waals surface area contributed by atoms with E-state index >= 15 is 0 Å². The Hall–Kier alpha value is -1.99. The summed E-state index contributed by atoms with van der Waals surface area (Å²) in [7, 11) is 0. The number of amides is 1. The number of fused-ring (bicyclic) bond motifs is 1. The van der Waals surface area contributed by atoms with Gasteiger partial charge in [0.25, 0.3) is 0 Å². The fraction of sp³-hybridized carbons (Fsp3) is 0.348. The van der Waals surface area contributed by atoms with E-state index in [0.29, 0.717) is 5.02 Å². The van der Waals surface area contributed by atoms with Gasteiger partial charge in [0, 0.05) is 53.9 Å². The summed E-state index contributed by atoms with van der Waals surface area (Å²) < 4.78 is 7.69. The normalized spacial score (nSPS) is 15.9. The number of benzene rings is 2. The molecule has 1 aromatic heterocycles. The van der Waals surface area contributed by atoms with Crippen LogP contribution in [0.1, 0.15) is 6.92 Å². The van der Waals surface area contributed by atoms with Gasteiger partial charge in [-0.05, 0) is 43.3 Å². The summed E-state index contributed by atoms with van der Waals surface area (Å²) in [6, 6.07) is 15.8. The molecule has 3 aromatic rings. The van der Waals surface area contributed by atoms with Gasteiger partial charge in [0.05, 0.1) is 23.5 Å². The van der Waals surface area contributed by atoms with Crippen LogP contribution in [0.4, 0.5) is 5.69 Å². The minimum atomic E-state index is -0.251. The number of hydrogen-bond acceptors (Lipinski definition) is 4. The average molecular weight is 444 g/mol. The Kier molecular flexibility index (Phi) is 7.00. The van der Waals surface area contributed by atoms with Crippen LogP contribution < -0.4 is 5.32 Å². The van der Waals surface area contributed by atoms with Crippen LogP contribution in [0, 0.1) is 0 Å². The summed E-state index contributed by atoms with van der Waals surface area (Å²) in [5.41, 5.74) is 1.99. The highest BCUT2D eigenvalue weighted by Gasteiger charge is 2.16. The first-order valence-corrected chi connectivity index (χ1v) is 11.5. The lowest BCUT2D eigenvalue weighted by Gasteiger charge is -2.26. The third-order valence-corrected chi connectivity index (χ3v) is 6.93. The predicted molar refractivity (Wildman–Crippen MR) is 125 cm³/mol. The molecule has 30 heavy (non-hydrogen) atoms. The van der Waals surface area contributed by atoms with Gasteiger partial charge in [-0.25, -0.2) is 0 Å². The molecule has 1 saturated heterocycles. The van der Waals surface area contributed by atoms with E-state index in [0.717, 1.165) is 55.4 Å². The molecule has 158 valence electrons. The summed E-state index contributed by atoms with van der Waals surface area (Å²) in [5.74, 6) is -0.0361. The van der Waals surface area contributed by atoms with Crippen LogP contribution in [0.3, 0.4) is 0 Å². The average Bonchev–Trinajstić information content (AvgIpc) is 3.17. The van der Waals surface area contributed by atoms with Gasteiger partial charge in [0.1, 0.15) is 0 Å². The highest BCUT2D eigenvalue weighted by atomic mass is 35.5. The first-order chi connectivity index (χ1) is 14.6. The molecule has 0 radical (unpaired) electrons. The van der Waals surface area contributed by atoms with Gasteiger partial charge >= 0.3 is 0 Å². The van der Waals surface area contributed by atoms with Crippen molar-refractivity contribution >= 4 is 45.9 Å². The highest BCUT2D eigenvalue weighted by molar-refractivity contribution is 8.00. The number of halogens is 1.